The van der Waals surface area contributed by atoms with Crippen LogP contribution in [0, 0.1) is 0 Å². The van der Waals surface area contributed by atoms with E-state index >= 15 is 0 Å². The fourth-order valence-corrected chi connectivity index (χ4v) is 2.05. The quantitative estimate of drug-likeness (QED) is 0.761. The third kappa shape index (κ3) is 1.79. The molecule has 0 bridgehead atoms. The van der Waals surface area contributed by atoms with Gasteiger partial charge in [0.05, 0.1) is 6.04 Å². The van der Waals surface area contributed by atoms with E-state index in [-0.39, 0.29) is 17.6 Å². The SMILES string of the molecule is Nc1c(C(=O)O)nnn1C1CCCCC1. The van der Waals surface area contributed by atoms with Gasteiger partial charge in [0.15, 0.2) is 5.82 Å². The molecule has 1 aromatic heterocycles. The molecule has 82 valence electrons. The minimum Gasteiger partial charge on any atom is -0.476 e. The van der Waals surface area contributed by atoms with E-state index in [1.54, 1.807) is 4.68 Å². The van der Waals surface area contributed by atoms with Crippen molar-refractivity contribution in [3.8, 4) is 0 Å². The largest absolute Gasteiger partial charge is 0.476 e. The van der Waals surface area contributed by atoms with Gasteiger partial charge in [0.25, 0.3) is 0 Å². The van der Waals surface area contributed by atoms with Crippen molar-refractivity contribution < 1.29 is 9.90 Å². The first-order chi connectivity index (χ1) is 7.20. The summed E-state index contributed by atoms with van der Waals surface area (Å²) in [7, 11) is 0. The summed E-state index contributed by atoms with van der Waals surface area (Å²) in [6.07, 6.45) is 5.54. The third-order valence-electron chi connectivity index (χ3n) is 2.85. The van der Waals surface area contributed by atoms with Crippen LogP contribution in [0.15, 0.2) is 0 Å². The third-order valence-corrected chi connectivity index (χ3v) is 2.85. The summed E-state index contributed by atoms with van der Waals surface area (Å²) in [6.45, 7) is 0. The number of rotatable bonds is 2. The Morgan fingerprint density at radius 3 is 2.60 bits per heavy atom. The van der Waals surface area contributed by atoms with Crippen LogP contribution in [0.1, 0.15) is 48.6 Å². The number of carboxylic acids is 1. The van der Waals surface area contributed by atoms with Crippen LogP contribution in [0.5, 0.6) is 0 Å². The average molecular weight is 210 g/mol. The number of anilines is 1. The van der Waals surface area contributed by atoms with E-state index in [0.717, 1.165) is 25.7 Å². The summed E-state index contributed by atoms with van der Waals surface area (Å²) >= 11 is 0. The number of carbonyl (C=O) groups is 1. The minimum absolute atomic E-state index is 0.138. The topological polar surface area (TPSA) is 94.0 Å². The van der Waals surface area contributed by atoms with Crippen LogP contribution >= 0.6 is 0 Å². The maximum absolute atomic E-state index is 10.7. The molecule has 1 aliphatic rings. The second-order valence-corrected chi connectivity index (χ2v) is 3.86. The minimum atomic E-state index is -1.12. The summed E-state index contributed by atoms with van der Waals surface area (Å²) < 4.78 is 1.56. The number of nitrogens with zero attached hydrogens (tertiary/aromatic N) is 3. The summed E-state index contributed by atoms with van der Waals surface area (Å²) in [6, 6.07) is 0.222. The number of aromatic nitrogens is 3. The first-order valence-electron chi connectivity index (χ1n) is 5.14. The summed E-state index contributed by atoms with van der Waals surface area (Å²) in [4.78, 5) is 10.7. The number of aromatic carboxylic acids is 1. The molecule has 0 saturated heterocycles. The van der Waals surface area contributed by atoms with Crippen LogP contribution in [0.4, 0.5) is 5.82 Å². The highest BCUT2D eigenvalue weighted by Gasteiger charge is 2.23. The van der Waals surface area contributed by atoms with Crippen LogP contribution in [0.3, 0.4) is 0 Å². The Balaban J connectivity index is 2.24. The molecule has 1 heterocycles. The lowest BCUT2D eigenvalue weighted by atomic mass is 9.96. The molecule has 0 amide bonds. The number of carboxylic acid groups (broad SMARTS) is 1. The van der Waals surface area contributed by atoms with Gasteiger partial charge in [-0.05, 0) is 12.8 Å². The molecule has 1 fully saturated rings. The first-order valence-corrected chi connectivity index (χ1v) is 5.14. The van der Waals surface area contributed by atoms with Crippen molar-refractivity contribution in [1.82, 2.24) is 15.0 Å². The standard InChI is InChI=1S/C9H14N4O2/c10-8-7(9(14)15)11-12-13(8)6-4-2-1-3-5-6/h6H,1-5,10H2,(H,14,15). The Kier molecular flexibility index (Phi) is 2.57. The Bertz CT molecular complexity index is 368. The highest BCUT2D eigenvalue weighted by atomic mass is 16.4. The monoisotopic (exact) mass is 210 g/mol. The molecule has 0 radical (unpaired) electrons. The van der Waals surface area contributed by atoms with Crippen molar-refractivity contribution in [1.29, 1.82) is 0 Å². The van der Waals surface area contributed by atoms with Gasteiger partial charge in [-0.2, -0.15) is 0 Å². The van der Waals surface area contributed by atoms with Crippen molar-refractivity contribution >= 4 is 11.8 Å². The molecular formula is C9H14N4O2. The zero-order chi connectivity index (χ0) is 10.8. The van der Waals surface area contributed by atoms with E-state index in [9.17, 15) is 4.79 Å². The van der Waals surface area contributed by atoms with Crippen LogP contribution in [-0.4, -0.2) is 26.1 Å². The van der Waals surface area contributed by atoms with Gasteiger partial charge < -0.3 is 10.8 Å². The van der Waals surface area contributed by atoms with Gasteiger partial charge in [-0.25, -0.2) is 9.48 Å². The number of hydrogen-bond donors (Lipinski definition) is 2. The fourth-order valence-electron chi connectivity index (χ4n) is 2.05. The molecule has 0 spiro atoms. The van der Waals surface area contributed by atoms with Crippen molar-refractivity contribution in [2.45, 2.75) is 38.1 Å². The van der Waals surface area contributed by atoms with Gasteiger partial charge in [0, 0.05) is 0 Å². The maximum Gasteiger partial charge on any atom is 0.360 e. The zero-order valence-corrected chi connectivity index (χ0v) is 8.39. The highest BCUT2D eigenvalue weighted by molar-refractivity contribution is 5.90. The second kappa shape index (κ2) is 3.88. The van der Waals surface area contributed by atoms with Crippen molar-refractivity contribution in [3.63, 3.8) is 0 Å². The molecule has 6 nitrogen and oxygen atoms in total. The zero-order valence-electron chi connectivity index (χ0n) is 8.39. The molecule has 0 atom stereocenters. The van der Waals surface area contributed by atoms with E-state index in [4.69, 9.17) is 10.8 Å². The molecule has 1 aromatic rings. The smallest absolute Gasteiger partial charge is 0.360 e. The van der Waals surface area contributed by atoms with E-state index in [1.165, 1.54) is 6.42 Å². The van der Waals surface area contributed by atoms with Gasteiger partial charge in [-0.1, -0.05) is 24.5 Å². The predicted molar refractivity (Wildman–Crippen MR) is 53.5 cm³/mol. The average Bonchev–Trinajstić information content (AvgIpc) is 2.61. The molecule has 1 aliphatic carbocycles. The molecule has 6 heteroatoms. The number of hydrogen-bond acceptors (Lipinski definition) is 4. The molecule has 0 aliphatic heterocycles. The Morgan fingerprint density at radius 1 is 1.40 bits per heavy atom. The first kappa shape index (κ1) is 9.95. The summed E-state index contributed by atoms with van der Waals surface area (Å²) in [5.41, 5.74) is 5.55. The molecule has 0 unspecified atom stereocenters. The Morgan fingerprint density at radius 2 is 2.07 bits per heavy atom. The summed E-state index contributed by atoms with van der Waals surface area (Å²) in [5.74, 6) is -0.941. The lowest BCUT2D eigenvalue weighted by molar-refractivity contribution is 0.0691. The van der Waals surface area contributed by atoms with Crippen molar-refractivity contribution in [3.05, 3.63) is 5.69 Å². The molecule has 3 N–H and O–H groups in total. The van der Waals surface area contributed by atoms with Gasteiger partial charge in [0.2, 0.25) is 5.69 Å². The van der Waals surface area contributed by atoms with Gasteiger partial charge in [0.1, 0.15) is 0 Å². The predicted octanol–water partition coefficient (Wildman–Crippen LogP) is 1.06. The van der Waals surface area contributed by atoms with E-state index in [2.05, 4.69) is 10.3 Å². The van der Waals surface area contributed by atoms with Crippen LogP contribution in [0.2, 0.25) is 0 Å². The molecule has 15 heavy (non-hydrogen) atoms. The lowest BCUT2D eigenvalue weighted by Gasteiger charge is -2.21. The van der Waals surface area contributed by atoms with Crippen LogP contribution in [-0.2, 0) is 0 Å². The van der Waals surface area contributed by atoms with Gasteiger partial charge in [-0.3, -0.25) is 0 Å². The fraction of sp³-hybridized carbons (Fsp3) is 0.667. The number of nitrogens with two attached hydrogens (primary N) is 1. The van der Waals surface area contributed by atoms with Gasteiger partial charge >= 0.3 is 5.97 Å². The summed E-state index contributed by atoms with van der Waals surface area (Å²) in [5, 5.41) is 16.2. The Labute approximate surface area is 87.1 Å². The van der Waals surface area contributed by atoms with E-state index in [1.807, 2.05) is 0 Å². The molecule has 2 rings (SSSR count). The Hall–Kier alpha value is -1.59. The number of nitrogen functional groups attached to an aromatic ring is 1. The van der Waals surface area contributed by atoms with Gasteiger partial charge in [-0.15, -0.1) is 5.10 Å². The molecular weight excluding hydrogens is 196 g/mol. The van der Waals surface area contributed by atoms with E-state index < -0.39 is 5.97 Å². The lowest BCUT2D eigenvalue weighted by Crippen LogP contribution is -2.16. The molecule has 1 saturated carbocycles. The van der Waals surface area contributed by atoms with Crippen LogP contribution in [0.25, 0.3) is 0 Å². The van der Waals surface area contributed by atoms with Crippen LogP contribution < -0.4 is 5.73 Å². The maximum atomic E-state index is 10.7. The van der Waals surface area contributed by atoms with Crippen molar-refractivity contribution in [2.24, 2.45) is 0 Å². The van der Waals surface area contributed by atoms with Crippen molar-refractivity contribution in [2.75, 3.05) is 5.73 Å². The van der Waals surface area contributed by atoms with E-state index in [0.29, 0.717) is 0 Å². The molecule has 0 aromatic carbocycles. The second-order valence-electron chi connectivity index (χ2n) is 3.86. The highest BCUT2D eigenvalue weighted by Crippen LogP contribution is 2.29. The normalized spacial score (nSPS) is 17.9.